The molecule has 0 aliphatic rings. The molecule has 0 atom stereocenters. The van der Waals surface area contributed by atoms with E-state index < -0.39 is 17.4 Å². The van der Waals surface area contributed by atoms with Gasteiger partial charge >= 0.3 is 5.97 Å². The summed E-state index contributed by atoms with van der Waals surface area (Å²) in [4.78, 5) is 23.2. The molecule has 1 heterocycles. The molecule has 0 bridgehead atoms. The number of nitrogens with one attached hydrogen (secondary N) is 1. The monoisotopic (exact) mass is 379 g/mol. The molecule has 7 heteroatoms. The van der Waals surface area contributed by atoms with E-state index in [1.54, 1.807) is 28.9 Å². The summed E-state index contributed by atoms with van der Waals surface area (Å²) in [5.41, 5.74) is 1.74. The lowest BCUT2D eigenvalue weighted by Gasteiger charge is -2.21. The molecule has 2 rings (SSSR count). The van der Waals surface area contributed by atoms with E-state index in [-0.39, 0.29) is 0 Å². The first-order chi connectivity index (χ1) is 10.6. The predicted octanol–water partition coefficient (Wildman–Crippen LogP) is 2.84. The molecule has 0 unspecified atom stereocenters. The molecular weight excluding hydrogens is 362 g/mol. The van der Waals surface area contributed by atoms with Crippen molar-refractivity contribution in [3.63, 3.8) is 0 Å². The first-order valence-corrected chi connectivity index (χ1v) is 7.81. The van der Waals surface area contributed by atoms with Crippen LogP contribution in [0.25, 0.3) is 5.69 Å². The molecule has 2 N–H and O–H groups in total. The number of nitrogens with zero attached hydrogens (tertiary/aromatic N) is 2. The van der Waals surface area contributed by atoms with Gasteiger partial charge in [-0.25, -0.2) is 9.48 Å². The van der Waals surface area contributed by atoms with Crippen LogP contribution in [0.4, 0.5) is 0 Å². The molecule has 23 heavy (non-hydrogen) atoms. The zero-order chi connectivity index (χ0) is 17.4. The van der Waals surface area contributed by atoms with Crippen molar-refractivity contribution in [2.24, 2.45) is 0 Å². The van der Waals surface area contributed by atoms with Crippen LogP contribution in [0.1, 0.15) is 35.6 Å². The Bertz CT molecular complexity index is 764. The fourth-order valence-corrected chi connectivity index (χ4v) is 2.29. The lowest BCUT2D eigenvalue weighted by molar-refractivity contribution is -0.143. The Morgan fingerprint density at radius 1 is 1.22 bits per heavy atom. The SMILES string of the molecule is Cc1nn(-c2ccc(C(=O)NC(C)(C)C(=O)O)cc2)c(C)c1Br. The van der Waals surface area contributed by atoms with Gasteiger partial charge in [0.1, 0.15) is 5.54 Å². The summed E-state index contributed by atoms with van der Waals surface area (Å²) in [6, 6.07) is 6.84. The average Bonchev–Trinajstić information content (AvgIpc) is 2.74. The van der Waals surface area contributed by atoms with E-state index >= 15 is 0 Å². The minimum atomic E-state index is -1.32. The van der Waals surface area contributed by atoms with Crippen LogP contribution in [-0.4, -0.2) is 32.3 Å². The number of aryl methyl sites for hydroxylation is 1. The highest BCUT2D eigenvalue weighted by Crippen LogP contribution is 2.23. The van der Waals surface area contributed by atoms with Gasteiger partial charge < -0.3 is 10.4 Å². The van der Waals surface area contributed by atoms with Crippen molar-refractivity contribution in [1.82, 2.24) is 15.1 Å². The van der Waals surface area contributed by atoms with Gasteiger partial charge in [-0.15, -0.1) is 0 Å². The van der Waals surface area contributed by atoms with E-state index in [2.05, 4.69) is 26.3 Å². The number of carboxylic acid groups (broad SMARTS) is 1. The van der Waals surface area contributed by atoms with Crippen LogP contribution in [0.3, 0.4) is 0 Å². The minimum Gasteiger partial charge on any atom is -0.480 e. The van der Waals surface area contributed by atoms with Crippen LogP contribution in [0, 0.1) is 13.8 Å². The van der Waals surface area contributed by atoms with E-state index in [0.717, 1.165) is 21.5 Å². The molecule has 0 fully saturated rings. The second-order valence-corrected chi connectivity index (χ2v) is 6.62. The summed E-state index contributed by atoms with van der Waals surface area (Å²) in [5, 5.41) is 16.0. The molecule has 2 aromatic rings. The largest absolute Gasteiger partial charge is 0.480 e. The topological polar surface area (TPSA) is 84.2 Å². The fourth-order valence-electron chi connectivity index (χ4n) is 2.04. The molecular formula is C16H18BrN3O3. The number of benzene rings is 1. The molecule has 0 saturated heterocycles. The van der Waals surface area contributed by atoms with Gasteiger partial charge in [0.15, 0.2) is 0 Å². The average molecular weight is 380 g/mol. The Morgan fingerprint density at radius 2 is 1.78 bits per heavy atom. The number of halogens is 1. The third-order valence-corrected chi connectivity index (χ3v) is 4.69. The summed E-state index contributed by atoms with van der Waals surface area (Å²) >= 11 is 3.48. The third kappa shape index (κ3) is 3.44. The third-order valence-electron chi connectivity index (χ3n) is 3.54. The van der Waals surface area contributed by atoms with E-state index in [0.29, 0.717) is 5.56 Å². The zero-order valence-electron chi connectivity index (χ0n) is 13.3. The summed E-state index contributed by atoms with van der Waals surface area (Å²) in [6.45, 7) is 6.73. The van der Waals surface area contributed by atoms with Gasteiger partial charge in [-0.05, 0) is 67.9 Å². The Hall–Kier alpha value is -2.15. The zero-order valence-corrected chi connectivity index (χ0v) is 14.9. The van der Waals surface area contributed by atoms with Crippen LogP contribution in [0.2, 0.25) is 0 Å². The van der Waals surface area contributed by atoms with Crippen molar-refractivity contribution < 1.29 is 14.7 Å². The Kier molecular flexibility index (Phi) is 4.61. The maximum Gasteiger partial charge on any atom is 0.328 e. The first kappa shape index (κ1) is 17.2. The highest BCUT2D eigenvalue weighted by molar-refractivity contribution is 9.10. The maximum atomic E-state index is 12.1. The van der Waals surface area contributed by atoms with Crippen LogP contribution in [-0.2, 0) is 4.79 Å². The fraction of sp³-hybridized carbons (Fsp3) is 0.312. The number of carbonyl (C=O) groups excluding carboxylic acids is 1. The molecule has 0 spiro atoms. The Labute approximate surface area is 142 Å². The van der Waals surface area contributed by atoms with Gasteiger partial charge in [-0.1, -0.05) is 0 Å². The van der Waals surface area contributed by atoms with Gasteiger partial charge in [0.2, 0.25) is 0 Å². The first-order valence-electron chi connectivity index (χ1n) is 7.01. The number of hydrogen-bond acceptors (Lipinski definition) is 3. The minimum absolute atomic E-state index is 0.392. The number of carbonyl (C=O) groups is 2. The van der Waals surface area contributed by atoms with E-state index in [1.165, 1.54) is 13.8 Å². The van der Waals surface area contributed by atoms with Crippen LogP contribution in [0.15, 0.2) is 28.7 Å². The molecule has 0 radical (unpaired) electrons. The lowest BCUT2D eigenvalue weighted by atomic mass is 10.1. The summed E-state index contributed by atoms with van der Waals surface area (Å²) in [7, 11) is 0. The van der Waals surface area contributed by atoms with Crippen molar-refractivity contribution in [3.05, 3.63) is 45.7 Å². The van der Waals surface area contributed by atoms with Gasteiger partial charge in [-0.2, -0.15) is 5.10 Å². The Morgan fingerprint density at radius 3 is 2.22 bits per heavy atom. The second-order valence-electron chi connectivity index (χ2n) is 5.83. The number of aromatic nitrogens is 2. The summed E-state index contributed by atoms with van der Waals surface area (Å²) in [5.74, 6) is -1.52. The predicted molar refractivity (Wildman–Crippen MR) is 89.9 cm³/mol. The molecule has 6 nitrogen and oxygen atoms in total. The highest BCUT2D eigenvalue weighted by atomic mass is 79.9. The molecule has 1 amide bonds. The number of carboxylic acids is 1. The van der Waals surface area contributed by atoms with Crippen molar-refractivity contribution in [1.29, 1.82) is 0 Å². The summed E-state index contributed by atoms with van der Waals surface area (Å²) in [6.07, 6.45) is 0. The van der Waals surface area contributed by atoms with E-state index in [4.69, 9.17) is 5.11 Å². The lowest BCUT2D eigenvalue weighted by Crippen LogP contribution is -2.49. The normalized spacial score (nSPS) is 11.3. The number of aliphatic carboxylic acids is 1. The van der Waals surface area contributed by atoms with E-state index in [1.807, 2.05) is 13.8 Å². The van der Waals surface area contributed by atoms with Gasteiger partial charge in [-0.3, -0.25) is 4.79 Å². The molecule has 0 aliphatic carbocycles. The van der Waals surface area contributed by atoms with Crippen LogP contribution in [0.5, 0.6) is 0 Å². The van der Waals surface area contributed by atoms with Crippen molar-refractivity contribution in [2.75, 3.05) is 0 Å². The smallest absolute Gasteiger partial charge is 0.328 e. The van der Waals surface area contributed by atoms with Crippen molar-refractivity contribution >= 4 is 27.8 Å². The standard InChI is InChI=1S/C16H18BrN3O3/c1-9-13(17)10(2)20(19-9)12-7-5-11(6-8-12)14(21)18-16(3,4)15(22)23/h5-8H,1-4H3,(H,18,21)(H,22,23). The van der Waals surface area contributed by atoms with Gasteiger partial charge in [0, 0.05) is 5.56 Å². The maximum absolute atomic E-state index is 12.1. The number of hydrogen-bond donors (Lipinski definition) is 2. The number of amides is 1. The molecule has 1 aromatic carbocycles. The highest BCUT2D eigenvalue weighted by Gasteiger charge is 2.29. The molecule has 1 aromatic heterocycles. The molecule has 122 valence electrons. The quantitative estimate of drug-likeness (QED) is 0.855. The molecule has 0 aliphatic heterocycles. The van der Waals surface area contributed by atoms with Crippen LogP contribution < -0.4 is 5.32 Å². The van der Waals surface area contributed by atoms with E-state index in [9.17, 15) is 9.59 Å². The van der Waals surface area contributed by atoms with Crippen molar-refractivity contribution in [2.45, 2.75) is 33.2 Å². The second kappa shape index (κ2) is 6.16. The van der Waals surface area contributed by atoms with Crippen LogP contribution >= 0.6 is 15.9 Å². The summed E-state index contributed by atoms with van der Waals surface area (Å²) < 4.78 is 2.73. The Balaban J connectivity index is 2.24. The van der Waals surface area contributed by atoms with Gasteiger partial charge in [0.05, 0.1) is 21.5 Å². The molecule has 0 saturated carbocycles. The van der Waals surface area contributed by atoms with Crippen molar-refractivity contribution in [3.8, 4) is 5.69 Å². The number of rotatable bonds is 4. The van der Waals surface area contributed by atoms with Gasteiger partial charge in [0.25, 0.3) is 5.91 Å².